The minimum absolute atomic E-state index is 0.0432. The number of amides is 2. The quantitative estimate of drug-likeness (QED) is 0.902. The molecule has 2 aromatic heterocycles. The molecule has 26 heavy (non-hydrogen) atoms. The Morgan fingerprint density at radius 1 is 1.27 bits per heavy atom. The van der Waals surface area contributed by atoms with E-state index in [2.05, 4.69) is 38.5 Å². The number of hydrogen-bond donors (Lipinski definition) is 1. The molecule has 8 nitrogen and oxygen atoms in total. The summed E-state index contributed by atoms with van der Waals surface area (Å²) >= 11 is 0. The average molecular weight is 353 g/mol. The number of nitrogens with zero attached hydrogens (tertiary/aromatic N) is 6. The van der Waals surface area contributed by atoms with E-state index in [0.717, 1.165) is 43.4 Å². The van der Waals surface area contributed by atoms with E-state index < -0.39 is 0 Å². The van der Waals surface area contributed by atoms with Crippen molar-refractivity contribution in [1.29, 1.82) is 0 Å². The van der Waals surface area contributed by atoms with Gasteiger partial charge in [0.1, 0.15) is 0 Å². The second-order valence-electron chi connectivity index (χ2n) is 7.64. The van der Waals surface area contributed by atoms with Crippen LogP contribution in [0.1, 0.15) is 30.6 Å². The van der Waals surface area contributed by atoms with E-state index >= 15 is 0 Å². The first-order valence-corrected chi connectivity index (χ1v) is 9.37. The Balaban J connectivity index is 1.26. The molecule has 3 aliphatic rings. The normalized spacial score (nSPS) is 23.0. The van der Waals surface area contributed by atoms with Crippen molar-refractivity contribution in [1.82, 2.24) is 25.3 Å². The second kappa shape index (κ2) is 5.96. The maximum absolute atomic E-state index is 11.8. The third-order valence-electron chi connectivity index (χ3n) is 5.71. The van der Waals surface area contributed by atoms with Crippen LogP contribution in [0.3, 0.4) is 0 Å². The van der Waals surface area contributed by atoms with Gasteiger partial charge in [-0.1, -0.05) is 6.92 Å². The molecule has 2 saturated heterocycles. The van der Waals surface area contributed by atoms with Crippen LogP contribution in [-0.2, 0) is 12.8 Å². The lowest BCUT2D eigenvalue weighted by molar-refractivity contribution is 0.252. The van der Waals surface area contributed by atoms with Crippen LogP contribution in [0, 0.1) is 5.92 Å². The Morgan fingerprint density at radius 2 is 2.15 bits per heavy atom. The fourth-order valence-corrected chi connectivity index (χ4v) is 4.04. The molecule has 1 aliphatic carbocycles. The van der Waals surface area contributed by atoms with E-state index in [4.69, 9.17) is 0 Å². The molecule has 0 radical (unpaired) electrons. The molecule has 136 valence electrons. The largest absolute Gasteiger partial charge is 0.351 e. The molecule has 0 aromatic carbocycles. The summed E-state index contributed by atoms with van der Waals surface area (Å²) in [6.07, 6.45) is 7.10. The number of anilines is 2. The van der Waals surface area contributed by atoms with Crippen LogP contribution in [-0.4, -0.2) is 52.2 Å². The van der Waals surface area contributed by atoms with Gasteiger partial charge in [0.2, 0.25) is 0 Å². The molecule has 1 N–H and O–H groups in total. The van der Waals surface area contributed by atoms with Gasteiger partial charge in [0.25, 0.3) is 0 Å². The number of nitrogens with one attached hydrogen (secondary N) is 1. The van der Waals surface area contributed by atoms with Crippen molar-refractivity contribution in [2.75, 3.05) is 36.0 Å². The smallest absolute Gasteiger partial charge is 0.322 e. The van der Waals surface area contributed by atoms with Crippen LogP contribution in [0.2, 0.25) is 0 Å². The van der Waals surface area contributed by atoms with Crippen molar-refractivity contribution in [3.8, 4) is 0 Å². The Labute approximate surface area is 152 Å². The van der Waals surface area contributed by atoms with E-state index in [1.807, 2.05) is 10.9 Å². The van der Waals surface area contributed by atoms with Crippen LogP contribution < -0.4 is 15.1 Å². The van der Waals surface area contributed by atoms with E-state index in [1.165, 1.54) is 17.7 Å². The summed E-state index contributed by atoms with van der Waals surface area (Å²) in [5.74, 6) is 1.70. The summed E-state index contributed by atoms with van der Waals surface area (Å²) in [5.41, 5.74) is 3.39. The lowest BCUT2D eigenvalue weighted by Crippen LogP contribution is -2.48. The maximum atomic E-state index is 11.8. The first-order valence-electron chi connectivity index (χ1n) is 9.37. The number of urea groups is 1. The van der Waals surface area contributed by atoms with Gasteiger partial charge >= 0.3 is 6.03 Å². The number of carbonyl (C=O) groups is 1. The van der Waals surface area contributed by atoms with Gasteiger partial charge in [0.15, 0.2) is 5.82 Å². The number of carbonyl (C=O) groups excluding carboxylic acids is 1. The van der Waals surface area contributed by atoms with Gasteiger partial charge < -0.3 is 10.2 Å². The third-order valence-corrected chi connectivity index (χ3v) is 5.71. The highest BCUT2D eigenvalue weighted by molar-refractivity contribution is 5.93. The molecule has 2 amide bonds. The highest BCUT2D eigenvalue weighted by Gasteiger charge is 2.32. The van der Waals surface area contributed by atoms with E-state index in [-0.39, 0.29) is 6.03 Å². The van der Waals surface area contributed by atoms with Crippen molar-refractivity contribution in [3.63, 3.8) is 0 Å². The summed E-state index contributed by atoms with van der Waals surface area (Å²) in [5, 5.41) is 16.2. The van der Waals surface area contributed by atoms with E-state index in [9.17, 15) is 4.79 Å². The number of aromatic nitrogens is 4. The van der Waals surface area contributed by atoms with Gasteiger partial charge in [-0.15, -0.1) is 5.10 Å². The van der Waals surface area contributed by atoms with E-state index in [1.54, 1.807) is 11.1 Å². The molecular formula is C18H23N7O. The zero-order chi connectivity index (χ0) is 17.7. The molecule has 2 fully saturated rings. The first kappa shape index (κ1) is 15.6. The molecule has 0 spiro atoms. The Bertz CT molecular complexity index is 842. The Hall–Kier alpha value is -2.64. The standard InChI is InChI=1S/C18H23N7O/c1-12-2-3-16-13(6-12)7-17(22-21-16)23-9-15(10-23)25-11-14(8-20-25)24-5-4-19-18(24)26/h7-8,11-12,15H,2-6,9-10H2,1H3,(H,19,26). The summed E-state index contributed by atoms with van der Waals surface area (Å²) in [6.45, 7) is 5.44. The van der Waals surface area contributed by atoms with Crippen LogP contribution in [0.25, 0.3) is 0 Å². The molecular weight excluding hydrogens is 330 g/mol. The number of fused-ring (bicyclic) bond motifs is 1. The molecule has 2 aromatic rings. The Kier molecular flexibility index (Phi) is 3.58. The zero-order valence-corrected chi connectivity index (χ0v) is 14.9. The fourth-order valence-electron chi connectivity index (χ4n) is 4.04. The van der Waals surface area contributed by atoms with Gasteiger partial charge in [-0.2, -0.15) is 10.2 Å². The van der Waals surface area contributed by atoms with Crippen LogP contribution in [0.15, 0.2) is 18.5 Å². The summed E-state index contributed by atoms with van der Waals surface area (Å²) in [7, 11) is 0. The predicted octanol–water partition coefficient (Wildman–Crippen LogP) is 1.39. The lowest BCUT2D eigenvalue weighted by atomic mass is 9.88. The molecule has 0 saturated carbocycles. The minimum Gasteiger partial charge on any atom is -0.351 e. The van der Waals surface area contributed by atoms with Gasteiger partial charge in [0.05, 0.1) is 23.6 Å². The van der Waals surface area contributed by atoms with Gasteiger partial charge in [-0.3, -0.25) is 9.58 Å². The van der Waals surface area contributed by atoms with Crippen molar-refractivity contribution >= 4 is 17.5 Å². The van der Waals surface area contributed by atoms with Crippen molar-refractivity contribution in [3.05, 3.63) is 29.7 Å². The molecule has 0 bridgehead atoms. The molecule has 8 heteroatoms. The minimum atomic E-state index is -0.0432. The summed E-state index contributed by atoms with van der Waals surface area (Å²) in [4.78, 5) is 15.8. The highest BCUT2D eigenvalue weighted by Crippen LogP contribution is 2.30. The molecule has 1 unspecified atom stereocenters. The maximum Gasteiger partial charge on any atom is 0.322 e. The highest BCUT2D eigenvalue weighted by atomic mass is 16.2. The predicted molar refractivity (Wildman–Crippen MR) is 97.4 cm³/mol. The van der Waals surface area contributed by atoms with Gasteiger partial charge in [-0.05, 0) is 36.8 Å². The number of hydrogen-bond acceptors (Lipinski definition) is 5. The van der Waals surface area contributed by atoms with Crippen molar-refractivity contribution in [2.45, 2.75) is 32.2 Å². The second-order valence-corrected chi connectivity index (χ2v) is 7.64. The number of rotatable bonds is 3. The summed E-state index contributed by atoms with van der Waals surface area (Å²) in [6, 6.07) is 2.49. The van der Waals surface area contributed by atoms with Crippen LogP contribution in [0.5, 0.6) is 0 Å². The SMILES string of the molecule is CC1CCc2nnc(N3CC(n4cc(N5CCNC5=O)cn4)C3)cc2C1. The van der Waals surface area contributed by atoms with Crippen LogP contribution >= 0.6 is 0 Å². The van der Waals surface area contributed by atoms with Crippen LogP contribution in [0.4, 0.5) is 16.3 Å². The van der Waals surface area contributed by atoms with E-state index in [0.29, 0.717) is 19.1 Å². The topological polar surface area (TPSA) is 79.2 Å². The monoisotopic (exact) mass is 353 g/mol. The number of aryl methyl sites for hydroxylation is 1. The van der Waals surface area contributed by atoms with Gasteiger partial charge in [0, 0.05) is 32.4 Å². The third kappa shape index (κ3) is 2.60. The molecule has 4 heterocycles. The molecule has 5 rings (SSSR count). The fraction of sp³-hybridized carbons (Fsp3) is 0.556. The molecule has 2 aliphatic heterocycles. The summed E-state index contributed by atoms with van der Waals surface area (Å²) < 4.78 is 1.96. The Morgan fingerprint density at radius 3 is 2.96 bits per heavy atom. The average Bonchev–Trinajstić information content (AvgIpc) is 3.22. The van der Waals surface area contributed by atoms with Gasteiger partial charge in [-0.25, -0.2) is 4.79 Å². The first-order chi connectivity index (χ1) is 12.7. The molecule has 1 atom stereocenters. The van der Waals surface area contributed by atoms with Crippen molar-refractivity contribution in [2.24, 2.45) is 5.92 Å². The van der Waals surface area contributed by atoms with Crippen molar-refractivity contribution < 1.29 is 4.79 Å². The lowest BCUT2D eigenvalue weighted by Gasteiger charge is -2.40. The zero-order valence-electron chi connectivity index (χ0n) is 14.9.